The molecule has 3 amide bonds. The van der Waals surface area contributed by atoms with Crippen molar-refractivity contribution in [2.45, 2.75) is 45.4 Å². The average Bonchev–Trinajstić information content (AvgIpc) is 2.89. The summed E-state index contributed by atoms with van der Waals surface area (Å²) in [4.78, 5) is 29.4. The minimum absolute atomic E-state index is 0.268. The Kier molecular flexibility index (Phi) is 8.60. The Hall–Kier alpha value is -3.54. The van der Waals surface area contributed by atoms with Crippen LogP contribution < -0.4 is 15.5 Å². The van der Waals surface area contributed by atoms with Crippen LogP contribution in [0.15, 0.2) is 66.7 Å². The fraction of sp³-hybridized carbons (Fsp3) is 0.379. The molecule has 0 unspecified atom stereocenters. The number of piperazine rings is 1. The van der Waals surface area contributed by atoms with Gasteiger partial charge in [-0.1, -0.05) is 69.0 Å². The van der Waals surface area contributed by atoms with Crippen molar-refractivity contribution >= 4 is 39.8 Å². The van der Waals surface area contributed by atoms with Crippen molar-refractivity contribution in [3.05, 3.63) is 66.7 Å². The molecule has 0 spiro atoms. The number of anilines is 3. The number of unbranched alkanes of at least 4 members (excludes halogenated alkanes) is 4. The van der Waals surface area contributed by atoms with E-state index in [-0.39, 0.29) is 11.9 Å². The summed E-state index contributed by atoms with van der Waals surface area (Å²) in [6.07, 6.45) is 6.54. The van der Waals surface area contributed by atoms with E-state index in [9.17, 15) is 9.59 Å². The van der Waals surface area contributed by atoms with Crippen molar-refractivity contribution in [3.8, 4) is 0 Å². The van der Waals surface area contributed by atoms with E-state index in [1.54, 1.807) is 0 Å². The molecule has 0 radical (unpaired) electrons. The van der Waals surface area contributed by atoms with Crippen molar-refractivity contribution in [3.63, 3.8) is 0 Å². The highest BCUT2D eigenvalue weighted by Crippen LogP contribution is 2.24. The summed E-state index contributed by atoms with van der Waals surface area (Å²) in [6.45, 7) is 5.40. The molecule has 1 aliphatic rings. The molecule has 3 aromatic rings. The van der Waals surface area contributed by atoms with Gasteiger partial charge in [-0.15, -0.1) is 0 Å². The number of urea groups is 1. The number of nitrogens with one attached hydrogen (secondary N) is 2. The van der Waals surface area contributed by atoms with Gasteiger partial charge in [0.25, 0.3) is 0 Å². The molecule has 35 heavy (non-hydrogen) atoms. The summed E-state index contributed by atoms with van der Waals surface area (Å²) in [7, 11) is 0. The third-order valence-corrected chi connectivity index (χ3v) is 6.65. The molecule has 0 saturated carbocycles. The summed E-state index contributed by atoms with van der Waals surface area (Å²) in [5.41, 5.74) is 2.63. The number of fused-ring (bicyclic) bond motifs is 1. The fourth-order valence-electron chi connectivity index (χ4n) is 4.63. The van der Waals surface area contributed by atoms with Crippen LogP contribution in [0, 0.1) is 0 Å². The van der Waals surface area contributed by atoms with E-state index in [4.69, 9.17) is 0 Å². The highest BCUT2D eigenvalue weighted by molar-refractivity contribution is 6.06. The number of rotatable bonds is 9. The van der Waals surface area contributed by atoms with Crippen LogP contribution in [-0.4, -0.2) is 43.0 Å². The molecule has 0 bridgehead atoms. The van der Waals surface area contributed by atoms with Gasteiger partial charge in [-0.2, -0.15) is 0 Å². The predicted molar refractivity (Wildman–Crippen MR) is 145 cm³/mol. The maximum absolute atomic E-state index is 12.6. The Balaban J connectivity index is 1.24. The normalized spacial score (nSPS) is 13.6. The minimum Gasteiger partial charge on any atom is -0.368 e. The zero-order valence-electron chi connectivity index (χ0n) is 20.6. The topological polar surface area (TPSA) is 64.7 Å². The molecular formula is C29H36N4O2. The molecular weight excluding hydrogens is 436 g/mol. The van der Waals surface area contributed by atoms with E-state index in [1.807, 2.05) is 71.6 Å². The molecule has 3 aromatic carbocycles. The van der Waals surface area contributed by atoms with Crippen LogP contribution in [0.1, 0.15) is 45.4 Å². The second kappa shape index (κ2) is 12.2. The molecule has 1 aliphatic heterocycles. The Morgan fingerprint density at radius 2 is 1.49 bits per heavy atom. The van der Waals surface area contributed by atoms with E-state index >= 15 is 0 Å². The smallest absolute Gasteiger partial charge is 0.323 e. The van der Waals surface area contributed by atoms with Gasteiger partial charge >= 0.3 is 6.03 Å². The average molecular weight is 473 g/mol. The number of nitrogens with zero attached hydrogens (tertiary/aromatic N) is 2. The summed E-state index contributed by atoms with van der Waals surface area (Å²) in [6, 6.07) is 21.5. The standard InChI is InChI=1S/C29H36N4O2/c1-2-3-4-5-6-14-28(34)33-21-19-32(20-22-33)25-17-15-24(16-18-25)30-29(35)31-27-13-9-11-23-10-7-8-12-26(23)27/h7-13,15-18H,2-6,14,19-22H2,1H3,(H2,30,31,35). The van der Waals surface area contributed by atoms with Gasteiger partial charge in [-0.25, -0.2) is 4.79 Å². The van der Waals surface area contributed by atoms with Gasteiger partial charge in [0.1, 0.15) is 0 Å². The van der Waals surface area contributed by atoms with E-state index < -0.39 is 0 Å². The number of amides is 3. The van der Waals surface area contributed by atoms with Gasteiger partial charge in [0.15, 0.2) is 0 Å². The second-order valence-electron chi connectivity index (χ2n) is 9.18. The largest absolute Gasteiger partial charge is 0.368 e. The van der Waals surface area contributed by atoms with E-state index in [2.05, 4.69) is 22.5 Å². The molecule has 4 rings (SSSR count). The Morgan fingerprint density at radius 3 is 2.26 bits per heavy atom. The van der Waals surface area contributed by atoms with Crippen molar-refractivity contribution in [2.75, 3.05) is 41.7 Å². The first-order valence-corrected chi connectivity index (χ1v) is 12.8. The van der Waals surface area contributed by atoms with Crippen LogP contribution in [0.2, 0.25) is 0 Å². The van der Waals surface area contributed by atoms with Crippen molar-refractivity contribution in [1.29, 1.82) is 0 Å². The number of carbonyl (C=O) groups is 2. The lowest BCUT2D eigenvalue weighted by Gasteiger charge is -2.36. The molecule has 1 heterocycles. The van der Waals surface area contributed by atoms with Gasteiger partial charge in [0, 0.05) is 49.4 Å². The molecule has 1 fully saturated rings. The lowest BCUT2D eigenvalue weighted by atomic mass is 10.1. The highest BCUT2D eigenvalue weighted by Gasteiger charge is 2.21. The maximum Gasteiger partial charge on any atom is 0.323 e. The van der Waals surface area contributed by atoms with Gasteiger partial charge in [-0.3, -0.25) is 4.79 Å². The van der Waals surface area contributed by atoms with Crippen LogP contribution in [0.25, 0.3) is 10.8 Å². The molecule has 6 nitrogen and oxygen atoms in total. The quantitative estimate of drug-likeness (QED) is 0.350. The summed E-state index contributed by atoms with van der Waals surface area (Å²) in [5.74, 6) is 0.290. The summed E-state index contributed by atoms with van der Waals surface area (Å²) < 4.78 is 0. The predicted octanol–water partition coefficient (Wildman–Crippen LogP) is 6.49. The van der Waals surface area contributed by atoms with Crippen molar-refractivity contribution in [1.82, 2.24) is 4.90 Å². The first-order chi connectivity index (χ1) is 17.1. The lowest BCUT2D eigenvalue weighted by Crippen LogP contribution is -2.48. The van der Waals surface area contributed by atoms with Crippen molar-refractivity contribution in [2.24, 2.45) is 0 Å². The Morgan fingerprint density at radius 1 is 0.771 bits per heavy atom. The Bertz CT molecular complexity index is 1120. The number of hydrogen-bond donors (Lipinski definition) is 2. The zero-order chi connectivity index (χ0) is 24.5. The van der Waals surface area contributed by atoms with Gasteiger partial charge in [0.2, 0.25) is 5.91 Å². The highest BCUT2D eigenvalue weighted by atomic mass is 16.2. The van der Waals surface area contributed by atoms with Crippen LogP contribution >= 0.6 is 0 Å². The van der Waals surface area contributed by atoms with Crippen LogP contribution in [-0.2, 0) is 4.79 Å². The van der Waals surface area contributed by atoms with Gasteiger partial charge in [0.05, 0.1) is 5.69 Å². The number of carbonyl (C=O) groups excluding carboxylic acids is 2. The minimum atomic E-state index is -0.268. The van der Waals surface area contributed by atoms with Crippen LogP contribution in [0.5, 0.6) is 0 Å². The summed E-state index contributed by atoms with van der Waals surface area (Å²) in [5, 5.41) is 7.97. The molecule has 184 valence electrons. The monoisotopic (exact) mass is 472 g/mol. The van der Waals surface area contributed by atoms with E-state index in [1.165, 1.54) is 19.3 Å². The third kappa shape index (κ3) is 6.75. The molecule has 1 saturated heterocycles. The molecule has 0 atom stereocenters. The zero-order valence-corrected chi connectivity index (χ0v) is 20.6. The fourth-order valence-corrected chi connectivity index (χ4v) is 4.63. The van der Waals surface area contributed by atoms with E-state index in [0.717, 1.165) is 66.9 Å². The maximum atomic E-state index is 12.6. The third-order valence-electron chi connectivity index (χ3n) is 6.65. The lowest BCUT2D eigenvalue weighted by molar-refractivity contribution is -0.131. The second-order valence-corrected chi connectivity index (χ2v) is 9.18. The number of hydrogen-bond acceptors (Lipinski definition) is 3. The SMILES string of the molecule is CCCCCCCC(=O)N1CCN(c2ccc(NC(=O)Nc3cccc4ccccc34)cc2)CC1. The summed E-state index contributed by atoms with van der Waals surface area (Å²) >= 11 is 0. The first-order valence-electron chi connectivity index (χ1n) is 12.8. The molecule has 6 heteroatoms. The Labute approximate surface area is 208 Å². The molecule has 2 N–H and O–H groups in total. The number of benzene rings is 3. The van der Waals surface area contributed by atoms with E-state index in [0.29, 0.717) is 6.42 Å². The van der Waals surface area contributed by atoms with Gasteiger partial charge in [-0.05, 0) is 42.1 Å². The van der Waals surface area contributed by atoms with Crippen molar-refractivity contribution < 1.29 is 9.59 Å². The first kappa shape index (κ1) is 24.6. The van der Waals surface area contributed by atoms with Crippen LogP contribution in [0.3, 0.4) is 0 Å². The molecule has 0 aromatic heterocycles. The molecule has 0 aliphatic carbocycles. The van der Waals surface area contributed by atoms with Crippen LogP contribution in [0.4, 0.5) is 21.9 Å². The van der Waals surface area contributed by atoms with Gasteiger partial charge < -0.3 is 20.4 Å².